The first-order valence-corrected chi connectivity index (χ1v) is 11.4. The molecule has 1 aliphatic rings. The van der Waals surface area contributed by atoms with Crippen molar-refractivity contribution >= 4 is 16.8 Å². The second kappa shape index (κ2) is 9.62. The van der Waals surface area contributed by atoms with Gasteiger partial charge in [0.15, 0.2) is 0 Å². The third-order valence-electron chi connectivity index (χ3n) is 6.05. The number of carbonyl (C=O) groups is 1. The summed E-state index contributed by atoms with van der Waals surface area (Å²) in [6, 6.07) is 19.8. The zero-order chi connectivity index (χ0) is 23.5. The van der Waals surface area contributed by atoms with Crippen LogP contribution in [0.5, 0.6) is 11.5 Å². The van der Waals surface area contributed by atoms with E-state index < -0.39 is 6.10 Å². The van der Waals surface area contributed by atoms with Crippen LogP contribution in [-0.2, 0) is 11.3 Å². The van der Waals surface area contributed by atoms with Gasteiger partial charge in [-0.2, -0.15) is 5.10 Å². The number of aromatic amines is 1. The van der Waals surface area contributed by atoms with E-state index in [-0.39, 0.29) is 5.91 Å². The Balaban J connectivity index is 1.21. The summed E-state index contributed by atoms with van der Waals surface area (Å²) in [5.41, 5.74) is 3.93. The first-order chi connectivity index (χ1) is 16.5. The standard InChI is InChI=1S/C26H27N5O3/c1-18(32)26(33)31-14-12-30(13-15-31)17-21-5-2-20-16-23(8-9-24(20)28-21)34-22-6-3-19(4-7-22)25-10-11-27-29-25/h2-11,16,18,32H,12-15,17H2,1H3,(H,27,29)/t18-/m0/s1. The maximum atomic E-state index is 11.9. The number of rotatable bonds is 6. The molecule has 1 aliphatic heterocycles. The van der Waals surface area contributed by atoms with Crippen LogP contribution in [0.1, 0.15) is 12.6 Å². The molecule has 1 amide bonds. The minimum atomic E-state index is -0.941. The highest BCUT2D eigenvalue weighted by Crippen LogP contribution is 2.27. The normalized spacial score (nSPS) is 15.4. The van der Waals surface area contributed by atoms with E-state index in [1.165, 1.54) is 6.92 Å². The number of carbonyl (C=O) groups excluding carboxylic acids is 1. The van der Waals surface area contributed by atoms with E-state index >= 15 is 0 Å². The fourth-order valence-corrected chi connectivity index (χ4v) is 4.17. The van der Waals surface area contributed by atoms with Gasteiger partial charge < -0.3 is 14.7 Å². The number of aromatic nitrogens is 3. The van der Waals surface area contributed by atoms with Crippen LogP contribution in [-0.4, -0.2) is 68.3 Å². The van der Waals surface area contributed by atoms with Gasteiger partial charge >= 0.3 is 0 Å². The zero-order valence-corrected chi connectivity index (χ0v) is 19.0. The molecular weight excluding hydrogens is 430 g/mol. The Morgan fingerprint density at radius 1 is 1.03 bits per heavy atom. The number of aliphatic hydroxyl groups excluding tert-OH is 1. The molecule has 2 aromatic carbocycles. The first kappa shape index (κ1) is 22.1. The van der Waals surface area contributed by atoms with Gasteiger partial charge in [-0.25, -0.2) is 0 Å². The summed E-state index contributed by atoms with van der Waals surface area (Å²) in [6.45, 7) is 5.03. The summed E-state index contributed by atoms with van der Waals surface area (Å²) in [6.07, 6.45) is 0.791. The lowest BCUT2D eigenvalue weighted by Gasteiger charge is -2.35. The summed E-state index contributed by atoms with van der Waals surface area (Å²) in [7, 11) is 0. The van der Waals surface area contributed by atoms with Crippen LogP contribution in [0.3, 0.4) is 0 Å². The van der Waals surface area contributed by atoms with Crippen LogP contribution >= 0.6 is 0 Å². The number of nitrogens with zero attached hydrogens (tertiary/aromatic N) is 4. The molecule has 4 aromatic rings. The van der Waals surface area contributed by atoms with Gasteiger partial charge in [-0.05, 0) is 67.1 Å². The predicted molar refractivity (Wildman–Crippen MR) is 129 cm³/mol. The van der Waals surface area contributed by atoms with E-state index in [4.69, 9.17) is 9.72 Å². The number of pyridine rings is 1. The van der Waals surface area contributed by atoms with E-state index in [2.05, 4.69) is 21.2 Å². The van der Waals surface area contributed by atoms with Gasteiger partial charge in [0, 0.05) is 44.3 Å². The highest BCUT2D eigenvalue weighted by molar-refractivity contribution is 5.81. The molecule has 0 radical (unpaired) electrons. The summed E-state index contributed by atoms with van der Waals surface area (Å²) in [4.78, 5) is 20.8. The molecule has 1 fully saturated rings. The van der Waals surface area contributed by atoms with Crippen molar-refractivity contribution in [3.63, 3.8) is 0 Å². The number of nitrogens with one attached hydrogen (secondary N) is 1. The van der Waals surface area contributed by atoms with Crippen LogP contribution < -0.4 is 4.74 Å². The quantitative estimate of drug-likeness (QED) is 0.461. The molecule has 174 valence electrons. The van der Waals surface area contributed by atoms with Crippen molar-refractivity contribution in [2.45, 2.75) is 19.6 Å². The SMILES string of the molecule is C[C@H](O)C(=O)N1CCN(Cc2ccc3cc(Oc4ccc(-c5ccn[nH]5)cc4)ccc3n2)CC1. The number of H-pyrrole nitrogens is 1. The van der Waals surface area contributed by atoms with Crippen molar-refractivity contribution in [1.29, 1.82) is 0 Å². The van der Waals surface area contributed by atoms with E-state index in [0.717, 1.165) is 59.0 Å². The van der Waals surface area contributed by atoms with Crippen molar-refractivity contribution in [1.82, 2.24) is 25.0 Å². The second-order valence-corrected chi connectivity index (χ2v) is 8.53. The highest BCUT2D eigenvalue weighted by atomic mass is 16.5. The molecular formula is C26H27N5O3. The van der Waals surface area contributed by atoms with E-state index in [1.54, 1.807) is 11.1 Å². The number of amides is 1. The Morgan fingerprint density at radius 2 is 1.79 bits per heavy atom. The highest BCUT2D eigenvalue weighted by Gasteiger charge is 2.23. The smallest absolute Gasteiger partial charge is 0.251 e. The van der Waals surface area contributed by atoms with E-state index in [9.17, 15) is 9.90 Å². The minimum absolute atomic E-state index is 0.199. The number of hydrogen-bond acceptors (Lipinski definition) is 6. The lowest BCUT2D eigenvalue weighted by atomic mass is 10.1. The molecule has 2 N–H and O–H groups in total. The number of benzene rings is 2. The van der Waals surface area contributed by atoms with E-state index in [0.29, 0.717) is 13.1 Å². The largest absolute Gasteiger partial charge is 0.457 e. The van der Waals surface area contributed by atoms with Gasteiger partial charge in [0.1, 0.15) is 17.6 Å². The van der Waals surface area contributed by atoms with Gasteiger partial charge in [-0.1, -0.05) is 6.07 Å². The molecule has 8 heteroatoms. The maximum Gasteiger partial charge on any atom is 0.251 e. The second-order valence-electron chi connectivity index (χ2n) is 8.53. The zero-order valence-electron chi connectivity index (χ0n) is 19.0. The number of ether oxygens (including phenoxy) is 1. The predicted octanol–water partition coefficient (Wildman–Crippen LogP) is 3.44. The molecule has 0 aliphatic carbocycles. The summed E-state index contributed by atoms with van der Waals surface area (Å²) in [5.74, 6) is 1.32. The topological polar surface area (TPSA) is 94.6 Å². The Hall–Kier alpha value is -3.75. The molecule has 0 saturated carbocycles. The molecule has 0 unspecified atom stereocenters. The number of piperazine rings is 1. The fraction of sp³-hybridized carbons (Fsp3) is 0.269. The fourth-order valence-electron chi connectivity index (χ4n) is 4.17. The van der Waals surface area contributed by atoms with Gasteiger partial charge in [-0.3, -0.25) is 19.8 Å². The van der Waals surface area contributed by atoms with Crippen LogP contribution in [0.25, 0.3) is 22.2 Å². The van der Waals surface area contributed by atoms with Crippen LogP contribution in [0.4, 0.5) is 0 Å². The minimum Gasteiger partial charge on any atom is -0.457 e. The molecule has 8 nitrogen and oxygen atoms in total. The van der Waals surface area contributed by atoms with E-state index in [1.807, 2.05) is 54.6 Å². The molecule has 1 saturated heterocycles. The molecule has 3 heterocycles. The molecule has 5 rings (SSSR count). The summed E-state index contributed by atoms with van der Waals surface area (Å²) >= 11 is 0. The summed E-state index contributed by atoms with van der Waals surface area (Å²) < 4.78 is 6.04. The van der Waals surface area contributed by atoms with Crippen molar-refractivity contribution in [2.75, 3.05) is 26.2 Å². The molecule has 0 bridgehead atoms. The monoisotopic (exact) mass is 457 g/mol. The van der Waals surface area contributed by atoms with Crippen molar-refractivity contribution in [3.05, 3.63) is 72.6 Å². The van der Waals surface area contributed by atoms with Gasteiger partial charge in [0.2, 0.25) is 0 Å². The summed E-state index contributed by atoms with van der Waals surface area (Å²) in [5, 5.41) is 17.5. The molecule has 1 atom stereocenters. The third-order valence-corrected chi connectivity index (χ3v) is 6.05. The third kappa shape index (κ3) is 4.93. The van der Waals surface area contributed by atoms with Crippen molar-refractivity contribution < 1.29 is 14.6 Å². The van der Waals surface area contributed by atoms with Crippen molar-refractivity contribution in [3.8, 4) is 22.8 Å². The Morgan fingerprint density at radius 3 is 2.50 bits per heavy atom. The lowest BCUT2D eigenvalue weighted by molar-refractivity contribution is -0.141. The van der Waals surface area contributed by atoms with Gasteiger partial charge in [0.25, 0.3) is 5.91 Å². The molecule has 2 aromatic heterocycles. The average Bonchev–Trinajstić information content (AvgIpc) is 3.40. The first-order valence-electron chi connectivity index (χ1n) is 11.4. The van der Waals surface area contributed by atoms with Gasteiger partial charge in [0.05, 0.1) is 16.9 Å². The molecule has 0 spiro atoms. The number of aliphatic hydroxyl groups is 1. The van der Waals surface area contributed by atoms with Crippen LogP contribution in [0.2, 0.25) is 0 Å². The molecule has 34 heavy (non-hydrogen) atoms. The number of hydrogen-bond donors (Lipinski definition) is 2. The van der Waals surface area contributed by atoms with Crippen LogP contribution in [0, 0.1) is 0 Å². The average molecular weight is 458 g/mol. The van der Waals surface area contributed by atoms with Crippen molar-refractivity contribution in [2.24, 2.45) is 0 Å². The maximum absolute atomic E-state index is 11.9. The number of fused-ring (bicyclic) bond motifs is 1. The van der Waals surface area contributed by atoms with Gasteiger partial charge in [-0.15, -0.1) is 0 Å². The van der Waals surface area contributed by atoms with Crippen LogP contribution in [0.15, 0.2) is 66.9 Å². The Bertz CT molecular complexity index is 1260. The Kier molecular flexibility index (Phi) is 6.24. The Labute approximate surface area is 197 Å². The lowest BCUT2D eigenvalue weighted by Crippen LogP contribution is -2.50.